The van der Waals surface area contributed by atoms with Crippen LogP contribution in [0.5, 0.6) is 0 Å². The number of imidazole rings is 1. The van der Waals surface area contributed by atoms with E-state index in [0.717, 1.165) is 55.6 Å². The van der Waals surface area contributed by atoms with Crippen molar-refractivity contribution in [3.05, 3.63) is 41.7 Å². The van der Waals surface area contributed by atoms with Crippen LogP contribution in [0.1, 0.15) is 76.2 Å². The van der Waals surface area contributed by atoms with Crippen LogP contribution < -0.4 is 15.5 Å². The van der Waals surface area contributed by atoms with Gasteiger partial charge in [-0.1, -0.05) is 36.8 Å². The Kier molecular flexibility index (Phi) is 9.10. The molecule has 242 valence electrons. The van der Waals surface area contributed by atoms with E-state index in [2.05, 4.69) is 50.1 Å². The summed E-state index contributed by atoms with van der Waals surface area (Å²) in [5.41, 5.74) is 2.23. The van der Waals surface area contributed by atoms with Gasteiger partial charge >= 0.3 is 6.09 Å². The predicted octanol–water partition coefficient (Wildman–Crippen LogP) is 4.87. The Hall–Kier alpha value is -4.66. The van der Waals surface area contributed by atoms with E-state index >= 15 is 0 Å². The molecule has 4 N–H and O–H groups in total. The Labute approximate surface area is 269 Å². The van der Waals surface area contributed by atoms with Crippen LogP contribution in [-0.4, -0.2) is 73.0 Å². The van der Waals surface area contributed by atoms with Crippen molar-refractivity contribution < 1.29 is 14.7 Å². The number of carbonyl (C=O) groups is 2. The van der Waals surface area contributed by atoms with Gasteiger partial charge in [-0.05, 0) is 62.8 Å². The Balaban J connectivity index is 1.49. The van der Waals surface area contributed by atoms with Crippen molar-refractivity contribution in [2.45, 2.75) is 77.4 Å². The number of terminal acetylenes is 1. The fourth-order valence-electron chi connectivity index (χ4n) is 7.10. The van der Waals surface area contributed by atoms with Crippen molar-refractivity contribution in [3.63, 3.8) is 0 Å². The molecule has 12 heteroatoms. The predicted molar refractivity (Wildman–Crippen MR) is 177 cm³/mol. The maximum atomic E-state index is 12.5. The average Bonchev–Trinajstić information content (AvgIpc) is 3.38. The van der Waals surface area contributed by atoms with Crippen LogP contribution in [0.4, 0.5) is 16.6 Å². The molecule has 3 fully saturated rings. The summed E-state index contributed by atoms with van der Waals surface area (Å²) in [7, 11) is 0. The van der Waals surface area contributed by atoms with Crippen molar-refractivity contribution >= 4 is 40.8 Å². The molecule has 3 aliphatic rings. The first-order chi connectivity index (χ1) is 22.2. The molecule has 2 atom stereocenters. The van der Waals surface area contributed by atoms with Gasteiger partial charge in [-0.3, -0.25) is 15.5 Å². The van der Waals surface area contributed by atoms with Crippen molar-refractivity contribution in [1.29, 1.82) is 5.41 Å². The number of hydrogen-bond donors (Lipinski definition) is 4. The normalized spacial score (nSPS) is 22.5. The lowest BCUT2D eigenvalue weighted by Gasteiger charge is -2.42. The van der Waals surface area contributed by atoms with Crippen LogP contribution in [-0.2, 0) is 11.3 Å². The van der Waals surface area contributed by atoms with Crippen molar-refractivity contribution in [3.8, 4) is 12.3 Å². The Morgan fingerprint density at radius 1 is 1.09 bits per heavy atom. The largest absolute Gasteiger partial charge is 0.465 e. The van der Waals surface area contributed by atoms with E-state index < -0.39 is 11.9 Å². The van der Waals surface area contributed by atoms with Gasteiger partial charge < -0.3 is 24.8 Å². The number of nitrogens with zero attached hydrogens (tertiary/aromatic N) is 6. The SMILES string of the molecule is C#C[C@H]1CC[C@H](Cn2c(N3CCN(C(C)=O)C[C@H]3c3ccccc3)nc3nc(C(=N)NC(=O)O)nc(N[C@H](C)C4CCC4)c32)CC1. The number of piperazine rings is 1. The number of fused-ring (bicyclic) bond motifs is 1. The van der Waals surface area contributed by atoms with E-state index in [0.29, 0.717) is 55.4 Å². The molecule has 0 spiro atoms. The maximum Gasteiger partial charge on any atom is 0.410 e. The third-order valence-corrected chi connectivity index (χ3v) is 10.0. The summed E-state index contributed by atoms with van der Waals surface area (Å²) in [5.74, 6) is 4.99. The first-order valence-electron chi connectivity index (χ1n) is 16.4. The van der Waals surface area contributed by atoms with E-state index in [9.17, 15) is 14.7 Å². The van der Waals surface area contributed by atoms with Gasteiger partial charge in [-0.15, -0.1) is 12.3 Å². The maximum absolute atomic E-state index is 12.5. The first kappa shape index (κ1) is 31.3. The van der Waals surface area contributed by atoms with Crippen LogP contribution in [0.2, 0.25) is 0 Å². The lowest BCUT2D eigenvalue weighted by Crippen LogP contribution is -2.50. The number of rotatable bonds is 8. The zero-order chi connectivity index (χ0) is 32.4. The van der Waals surface area contributed by atoms with E-state index in [1.807, 2.05) is 23.1 Å². The zero-order valence-corrected chi connectivity index (χ0v) is 26.6. The minimum atomic E-state index is -1.35. The second kappa shape index (κ2) is 13.4. The van der Waals surface area contributed by atoms with E-state index in [-0.39, 0.29) is 23.8 Å². The van der Waals surface area contributed by atoms with Gasteiger partial charge in [0.25, 0.3) is 0 Å². The number of hydrogen-bond acceptors (Lipinski definition) is 8. The highest BCUT2D eigenvalue weighted by Gasteiger charge is 2.35. The van der Waals surface area contributed by atoms with Gasteiger partial charge in [0, 0.05) is 45.1 Å². The number of carbonyl (C=O) groups excluding carboxylic acids is 1. The standard InChI is InChI=1S/C34H43N9O3/c1-4-23-13-15-24(16-14-23)19-43-28-30(36-21(2)25-11-8-12-25)38-32(29(35)37-34(45)46)39-31(28)40-33(43)42-18-17-41(22(3)44)20-27(42)26-9-6-5-7-10-26/h1,5-7,9-10,21,23-25,27H,8,11-20H2,2-3H3,(H2,35,37)(H,45,46)(H,36,38,39)/t21-,23-,24-,27+/m1/s1. The van der Waals surface area contributed by atoms with Gasteiger partial charge in [0.2, 0.25) is 11.9 Å². The molecule has 0 radical (unpaired) electrons. The molecule has 6 rings (SSSR count). The topological polar surface area (TPSA) is 152 Å². The molecule has 2 aliphatic carbocycles. The molecule has 3 aromatic rings. The summed E-state index contributed by atoms with van der Waals surface area (Å²) in [4.78, 5) is 42.7. The van der Waals surface area contributed by atoms with Crippen molar-refractivity contribution in [1.82, 2.24) is 29.7 Å². The van der Waals surface area contributed by atoms with E-state index in [1.165, 1.54) is 6.42 Å². The van der Waals surface area contributed by atoms with Crippen molar-refractivity contribution in [2.75, 3.05) is 29.9 Å². The van der Waals surface area contributed by atoms with Gasteiger partial charge in [0.15, 0.2) is 23.1 Å². The number of amidine groups is 1. The molecule has 46 heavy (non-hydrogen) atoms. The Morgan fingerprint density at radius 2 is 1.83 bits per heavy atom. The average molecular weight is 626 g/mol. The molecule has 0 unspecified atom stereocenters. The van der Waals surface area contributed by atoms with Gasteiger partial charge in [-0.2, -0.15) is 4.98 Å². The highest BCUT2D eigenvalue weighted by molar-refractivity contribution is 6.03. The summed E-state index contributed by atoms with van der Waals surface area (Å²) in [6, 6.07) is 10.1. The molecule has 1 saturated heterocycles. The molecule has 12 nitrogen and oxygen atoms in total. The van der Waals surface area contributed by atoms with E-state index in [1.54, 1.807) is 6.92 Å². The molecular weight excluding hydrogens is 582 g/mol. The summed E-state index contributed by atoms with van der Waals surface area (Å²) in [6.45, 7) is 6.10. The number of nitrogens with one attached hydrogen (secondary N) is 3. The summed E-state index contributed by atoms with van der Waals surface area (Å²) in [6.07, 6.45) is 11.9. The van der Waals surface area contributed by atoms with Crippen LogP contribution in [0, 0.1) is 35.5 Å². The zero-order valence-electron chi connectivity index (χ0n) is 26.6. The minimum Gasteiger partial charge on any atom is -0.465 e. The molecule has 1 aromatic carbocycles. The molecule has 2 aromatic heterocycles. The quantitative estimate of drug-likeness (QED) is 0.157. The van der Waals surface area contributed by atoms with Crippen molar-refractivity contribution in [2.24, 2.45) is 17.8 Å². The molecule has 0 bridgehead atoms. The lowest BCUT2D eigenvalue weighted by atomic mass is 9.80. The highest BCUT2D eigenvalue weighted by atomic mass is 16.4. The van der Waals surface area contributed by atoms with Crippen LogP contribution in [0.25, 0.3) is 11.2 Å². The number of aromatic nitrogens is 4. The van der Waals surface area contributed by atoms with Crippen LogP contribution in [0.15, 0.2) is 30.3 Å². The molecule has 2 amide bonds. The third kappa shape index (κ3) is 6.50. The van der Waals surface area contributed by atoms with Gasteiger partial charge in [0.1, 0.15) is 5.52 Å². The van der Waals surface area contributed by atoms with Crippen LogP contribution in [0.3, 0.4) is 0 Å². The second-order valence-corrected chi connectivity index (χ2v) is 13.0. The number of anilines is 2. The minimum absolute atomic E-state index is 0.0371. The third-order valence-electron chi connectivity index (χ3n) is 10.0. The first-order valence-corrected chi connectivity index (χ1v) is 16.4. The number of carboxylic acid groups (broad SMARTS) is 1. The molecular formula is C34H43N9O3. The second-order valence-electron chi connectivity index (χ2n) is 13.0. The monoisotopic (exact) mass is 625 g/mol. The van der Waals surface area contributed by atoms with Gasteiger partial charge in [0.05, 0.1) is 6.04 Å². The molecule has 3 heterocycles. The number of benzene rings is 1. The number of amides is 2. The van der Waals surface area contributed by atoms with E-state index in [4.69, 9.17) is 21.8 Å². The Morgan fingerprint density at radius 3 is 2.46 bits per heavy atom. The summed E-state index contributed by atoms with van der Waals surface area (Å²) < 4.78 is 2.23. The van der Waals surface area contributed by atoms with Crippen LogP contribution >= 0.6 is 0 Å². The highest BCUT2D eigenvalue weighted by Crippen LogP contribution is 2.38. The summed E-state index contributed by atoms with van der Waals surface area (Å²) in [5, 5.41) is 23.5. The fourth-order valence-corrected chi connectivity index (χ4v) is 7.10. The fraction of sp³-hybridized carbons (Fsp3) is 0.529. The molecule has 2 saturated carbocycles. The van der Waals surface area contributed by atoms with Gasteiger partial charge in [-0.25, -0.2) is 14.8 Å². The molecule has 1 aliphatic heterocycles. The lowest BCUT2D eigenvalue weighted by molar-refractivity contribution is -0.129. The smallest absolute Gasteiger partial charge is 0.410 e. The summed E-state index contributed by atoms with van der Waals surface area (Å²) >= 11 is 0. The Bertz CT molecular complexity index is 1640.